The molecule has 0 radical (unpaired) electrons. The summed E-state index contributed by atoms with van der Waals surface area (Å²) in [4.78, 5) is 0. The quantitative estimate of drug-likeness (QED) is 0.545. The van der Waals surface area contributed by atoms with E-state index >= 15 is 0 Å². The van der Waals surface area contributed by atoms with E-state index < -0.39 is 0 Å². The second-order valence-electron chi connectivity index (χ2n) is 6.94. The summed E-state index contributed by atoms with van der Waals surface area (Å²) in [6.45, 7) is 0.544. The summed E-state index contributed by atoms with van der Waals surface area (Å²) in [6, 6.07) is 12.4. The molecule has 5 nitrogen and oxygen atoms in total. The largest absolute Gasteiger partial charge is 0.487 e. The van der Waals surface area contributed by atoms with Gasteiger partial charge in [0.15, 0.2) is 0 Å². The average molecular weight is 344 g/mol. The number of pyridine rings is 1. The van der Waals surface area contributed by atoms with Gasteiger partial charge in [0, 0.05) is 36.1 Å². The first kappa shape index (κ1) is 15.2. The van der Waals surface area contributed by atoms with Gasteiger partial charge in [-0.05, 0) is 30.4 Å². The third-order valence-electron chi connectivity index (χ3n) is 4.90. The molecule has 0 bridgehead atoms. The maximum Gasteiger partial charge on any atom is 0.146 e. The first-order valence-corrected chi connectivity index (χ1v) is 8.95. The fourth-order valence-corrected chi connectivity index (χ4v) is 3.37. The van der Waals surface area contributed by atoms with Gasteiger partial charge in [-0.2, -0.15) is 10.2 Å². The summed E-state index contributed by atoms with van der Waals surface area (Å²) in [6.07, 6.45) is 10.4. The Morgan fingerprint density at radius 2 is 1.88 bits per heavy atom. The lowest BCUT2D eigenvalue weighted by Gasteiger charge is -2.11. The Morgan fingerprint density at radius 1 is 1.04 bits per heavy atom. The van der Waals surface area contributed by atoms with E-state index in [1.165, 1.54) is 18.4 Å². The van der Waals surface area contributed by atoms with Crippen molar-refractivity contribution < 1.29 is 4.74 Å². The van der Waals surface area contributed by atoms with Gasteiger partial charge < -0.3 is 4.74 Å². The van der Waals surface area contributed by atoms with E-state index in [2.05, 4.69) is 34.6 Å². The molecule has 5 rings (SSSR count). The normalized spacial score (nSPS) is 14.0. The van der Waals surface area contributed by atoms with Gasteiger partial charge in [-0.15, -0.1) is 0 Å². The van der Waals surface area contributed by atoms with Crippen LogP contribution in [0.1, 0.15) is 29.9 Å². The molecular formula is C21H20N4O. The first-order chi connectivity index (χ1) is 12.8. The van der Waals surface area contributed by atoms with Gasteiger partial charge >= 0.3 is 0 Å². The zero-order valence-electron chi connectivity index (χ0n) is 14.7. The van der Waals surface area contributed by atoms with Crippen molar-refractivity contribution >= 4 is 5.52 Å². The van der Waals surface area contributed by atoms with Crippen molar-refractivity contribution in [2.45, 2.75) is 25.4 Å². The van der Waals surface area contributed by atoms with E-state index in [-0.39, 0.29) is 0 Å². The van der Waals surface area contributed by atoms with Crippen LogP contribution in [0.15, 0.2) is 61.2 Å². The monoisotopic (exact) mass is 344 g/mol. The van der Waals surface area contributed by atoms with Crippen molar-refractivity contribution in [2.24, 2.45) is 7.05 Å². The Balaban J connectivity index is 1.59. The van der Waals surface area contributed by atoms with Gasteiger partial charge in [-0.1, -0.05) is 30.3 Å². The van der Waals surface area contributed by atoms with Crippen LogP contribution in [0.4, 0.5) is 0 Å². The van der Waals surface area contributed by atoms with Crippen molar-refractivity contribution in [1.29, 1.82) is 0 Å². The zero-order chi connectivity index (χ0) is 17.5. The third-order valence-corrected chi connectivity index (χ3v) is 4.90. The minimum Gasteiger partial charge on any atom is -0.487 e. The molecule has 0 atom stereocenters. The summed E-state index contributed by atoms with van der Waals surface area (Å²) in [5.74, 6) is 1.51. The van der Waals surface area contributed by atoms with Crippen LogP contribution in [-0.2, 0) is 13.7 Å². The maximum atomic E-state index is 6.26. The molecule has 0 N–H and O–H groups in total. The van der Waals surface area contributed by atoms with Crippen LogP contribution < -0.4 is 4.74 Å². The lowest BCUT2D eigenvalue weighted by Crippen LogP contribution is -1.99. The Labute approximate surface area is 151 Å². The van der Waals surface area contributed by atoms with Crippen LogP contribution >= 0.6 is 0 Å². The Hall–Kier alpha value is -3.08. The number of hydrogen-bond donors (Lipinski definition) is 0. The molecule has 0 saturated heterocycles. The molecule has 1 aliphatic carbocycles. The van der Waals surface area contributed by atoms with E-state index in [0.29, 0.717) is 12.5 Å². The Kier molecular flexibility index (Phi) is 3.52. The summed E-state index contributed by atoms with van der Waals surface area (Å²) in [5.41, 5.74) is 5.66. The lowest BCUT2D eigenvalue weighted by molar-refractivity contribution is 0.308. The zero-order valence-corrected chi connectivity index (χ0v) is 14.7. The van der Waals surface area contributed by atoms with Gasteiger partial charge in [0.1, 0.15) is 17.9 Å². The molecule has 26 heavy (non-hydrogen) atoms. The van der Waals surface area contributed by atoms with Gasteiger partial charge in [0.05, 0.1) is 12.4 Å². The molecular weight excluding hydrogens is 324 g/mol. The molecule has 3 aromatic heterocycles. The lowest BCUT2D eigenvalue weighted by atomic mass is 10.1. The number of ether oxygens (including phenoxy) is 1. The average Bonchev–Trinajstić information content (AvgIpc) is 3.27. The van der Waals surface area contributed by atoms with Crippen molar-refractivity contribution in [1.82, 2.24) is 19.4 Å². The van der Waals surface area contributed by atoms with E-state index in [4.69, 9.17) is 4.74 Å². The van der Waals surface area contributed by atoms with Crippen molar-refractivity contribution in [3.8, 4) is 16.9 Å². The van der Waals surface area contributed by atoms with Gasteiger partial charge in [0.25, 0.3) is 0 Å². The van der Waals surface area contributed by atoms with Crippen molar-refractivity contribution in [2.75, 3.05) is 0 Å². The SMILES string of the molecule is Cn1cc(-c2cc(OCc3ccccc3)c3c(C4CC4)cnn3c2)cn1. The predicted molar refractivity (Wildman–Crippen MR) is 100 cm³/mol. The molecule has 1 aliphatic rings. The molecule has 5 heteroatoms. The number of nitrogens with zero attached hydrogens (tertiary/aromatic N) is 4. The number of fused-ring (bicyclic) bond motifs is 1. The van der Waals surface area contributed by atoms with Crippen molar-refractivity contribution in [3.63, 3.8) is 0 Å². The fraction of sp³-hybridized carbons (Fsp3) is 0.238. The van der Waals surface area contributed by atoms with Crippen LogP contribution in [0.5, 0.6) is 5.75 Å². The standard InChI is InChI=1S/C21H20N4O/c1-24-12-18(10-22-24)17-9-20(26-14-15-5-3-2-4-6-15)21-19(16-7-8-16)11-23-25(21)13-17/h2-6,9-13,16H,7-8,14H2,1H3. The number of hydrogen-bond acceptors (Lipinski definition) is 3. The van der Waals surface area contributed by atoms with E-state index in [1.807, 2.05) is 53.0 Å². The number of aromatic nitrogens is 4. The van der Waals surface area contributed by atoms with Crippen LogP contribution in [-0.4, -0.2) is 19.4 Å². The molecule has 1 fully saturated rings. The minimum absolute atomic E-state index is 0.544. The highest BCUT2D eigenvalue weighted by molar-refractivity contribution is 5.73. The molecule has 1 saturated carbocycles. The molecule has 3 heterocycles. The van der Waals surface area contributed by atoms with Gasteiger partial charge in [-0.25, -0.2) is 4.52 Å². The molecule has 4 aromatic rings. The molecule has 0 spiro atoms. The highest BCUT2D eigenvalue weighted by atomic mass is 16.5. The molecule has 0 aliphatic heterocycles. The molecule has 0 unspecified atom stereocenters. The van der Waals surface area contributed by atoms with Crippen LogP contribution in [0, 0.1) is 0 Å². The fourth-order valence-electron chi connectivity index (χ4n) is 3.37. The maximum absolute atomic E-state index is 6.26. The van der Waals surface area contributed by atoms with Crippen LogP contribution in [0.3, 0.4) is 0 Å². The second kappa shape index (κ2) is 6.02. The second-order valence-corrected chi connectivity index (χ2v) is 6.94. The summed E-state index contributed by atoms with van der Waals surface area (Å²) >= 11 is 0. The molecule has 130 valence electrons. The van der Waals surface area contributed by atoms with Crippen LogP contribution in [0.2, 0.25) is 0 Å². The minimum atomic E-state index is 0.544. The summed E-state index contributed by atoms with van der Waals surface area (Å²) < 4.78 is 10.0. The summed E-state index contributed by atoms with van der Waals surface area (Å²) in [5, 5.41) is 8.88. The molecule has 1 aromatic carbocycles. The Morgan fingerprint density at radius 3 is 2.62 bits per heavy atom. The molecule has 0 amide bonds. The van der Waals surface area contributed by atoms with E-state index in [0.717, 1.165) is 28.0 Å². The highest BCUT2D eigenvalue weighted by Crippen LogP contribution is 2.44. The van der Waals surface area contributed by atoms with Gasteiger partial charge in [0.2, 0.25) is 0 Å². The highest BCUT2D eigenvalue weighted by Gasteiger charge is 2.28. The predicted octanol–water partition coefficient (Wildman–Crippen LogP) is 4.19. The van der Waals surface area contributed by atoms with Crippen molar-refractivity contribution in [3.05, 3.63) is 72.3 Å². The van der Waals surface area contributed by atoms with Gasteiger partial charge in [-0.3, -0.25) is 4.68 Å². The van der Waals surface area contributed by atoms with E-state index in [1.54, 1.807) is 0 Å². The third kappa shape index (κ3) is 2.75. The Bertz CT molecular complexity index is 1060. The van der Waals surface area contributed by atoms with E-state index in [9.17, 15) is 0 Å². The number of rotatable bonds is 5. The number of benzene rings is 1. The van der Waals surface area contributed by atoms with Crippen LogP contribution in [0.25, 0.3) is 16.6 Å². The first-order valence-electron chi connectivity index (χ1n) is 8.95. The number of aryl methyl sites for hydroxylation is 1. The smallest absolute Gasteiger partial charge is 0.146 e. The summed E-state index contributed by atoms with van der Waals surface area (Å²) in [7, 11) is 1.92. The topological polar surface area (TPSA) is 44.4 Å².